The van der Waals surface area contributed by atoms with Crippen LogP contribution in [0.5, 0.6) is 0 Å². The normalized spacial score (nSPS) is 15.1. The highest BCUT2D eigenvalue weighted by molar-refractivity contribution is 7.20. The summed E-state index contributed by atoms with van der Waals surface area (Å²) in [5, 5.41) is 0.401. The first kappa shape index (κ1) is 18.8. The number of H-pyrrole nitrogens is 1. The van der Waals surface area contributed by atoms with E-state index >= 15 is 0 Å². The molecule has 1 saturated carbocycles. The number of benzene rings is 1. The summed E-state index contributed by atoms with van der Waals surface area (Å²) in [5.41, 5.74) is 0.726. The summed E-state index contributed by atoms with van der Waals surface area (Å²) in [5.74, 6) is -0.358. The molecule has 0 saturated heterocycles. The van der Waals surface area contributed by atoms with Crippen molar-refractivity contribution in [3.63, 3.8) is 0 Å². The summed E-state index contributed by atoms with van der Waals surface area (Å²) in [6, 6.07) is 6.39. The van der Waals surface area contributed by atoms with Crippen molar-refractivity contribution in [2.24, 2.45) is 0 Å². The topological polar surface area (TPSA) is 72.0 Å². The first-order valence-corrected chi connectivity index (χ1v) is 10.3. The lowest BCUT2D eigenvalue weighted by molar-refractivity contribution is 0.0216. The number of hydrogen-bond donors (Lipinski definition) is 1. The van der Waals surface area contributed by atoms with Gasteiger partial charge in [-0.1, -0.05) is 24.6 Å². The number of rotatable bonds is 4. The minimum Gasteiger partial charge on any atom is -0.458 e. The van der Waals surface area contributed by atoms with Crippen molar-refractivity contribution in [1.82, 2.24) is 9.97 Å². The van der Waals surface area contributed by atoms with E-state index in [1.54, 1.807) is 25.1 Å². The molecule has 28 heavy (non-hydrogen) atoms. The molecule has 2 aromatic heterocycles. The van der Waals surface area contributed by atoms with Crippen molar-refractivity contribution in [3.8, 4) is 0 Å². The maximum absolute atomic E-state index is 13.9. The molecule has 5 nitrogen and oxygen atoms in total. The average Bonchev–Trinajstić information content (AvgIpc) is 3.01. The third-order valence-corrected chi connectivity index (χ3v) is 6.34. The van der Waals surface area contributed by atoms with Gasteiger partial charge in [-0.05, 0) is 49.8 Å². The fraction of sp³-hybridized carbons (Fsp3) is 0.381. The quantitative estimate of drug-likeness (QED) is 0.654. The highest BCUT2D eigenvalue weighted by atomic mass is 32.1. The zero-order valence-electron chi connectivity index (χ0n) is 15.6. The molecule has 0 spiro atoms. The zero-order valence-corrected chi connectivity index (χ0v) is 16.4. The maximum Gasteiger partial charge on any atom is 0.348 e. The fourth-order valence-electron chi connectivity index (χ4n) is 3.68. The van der Waals surface area contributed by atoms with Crippen LogP contribution >= 0.6 is 11.3 Å². The van der Waals surface area contributed by atoms with Crippen LogP contribution in [0.3, 0.4) is 0 Å². The van der Waals surface area contributed by atoms with Gasteiger partial charge in [-0.25, -0.2) is 14.2 Å². The van der Waals surface area contributed by atoms with Gasteiger partial charge in [0.1, 0.15) is 27.5 Å². The number of halogens is 1. The molecule has 0 radical (unpaired) electrons. The van der Waals surface area contributed by atoms with Gasteiger partial charge in [0, 0.05) is 6.42 Å². The van der Waals surface area contributed by atoms with E-state index in [4.69, 9.17) is 4.74 Å². The van der Waals surface area contributed by atoms with E-state index in [1.165, 1.54) is 12.5 Å². The molecule has 3 aromatic rings. The van der Waals surface area contributed by atoms with Gasteiger partial charge >= 0.3 is 5.97 Å². The molecule has 146 valence electrons. The van der Waals surface area contributed by atoms with Crippen LogP contribution in [0, 0.1) is 12.7 Å². The molecule has 1 aliphatic carbocycles. The number of carbonyl (C=O) groups is 1. The number of aromatic nitrogens is 2. The monoisotopic (exact) mass is 400 g/mol. The van der Waals surface area contributed by atoms with Gasteiger partial charge in [0.2, 0.25) is 0 Å². The van der Waals surface area contributed by atoms with Crippen LogP contribution in [-0.2, 0) is 11.2 Å². The van der Waals surface area contributed by atoms with Crippen LogP contribution in [-0.4, -0.2) is 22.0 Å². The highest BCUT2D eigenvalue weighted by Crippen LogP contribution is 2.29. The largest absolute Gasteiger partial charge is 0.458 e. The van der Waals surface area contributed by atoms with E-state index in [-0.39, 0.29) is 29.9 Å². The molecule has 0 unspecified atom stereocenters. The molecule has 1 aliphatic rings. The lowest BCUT2D eigenvalue weighted by atomic mass is 9.98. The molecule has 0 bridgehead atoms. The Bertz CT molecular complexity index is 1080. The molecule has 2 heterocycles. The van der Waals surface area contributed by atoms with Gasteiger partial charge < -0.3 is 9.72 Å². The van der Waals surface area contributed by atoms with Crippen LogP contribution in [0.25, 0.3) is 10.2 Å². The van der Waals surface area contributed by atoms with Gasteiger partial charge in [0.25, 0.3) is 5.56 Å². The van der Waals surface area contributed by atoms with E-state index in [2.05, 4.69) is 9.97 Å². The Labute approximate surface area is 165 Å². The first-order chi connectivity index (χ1) is 13.5. The zero-order chi connectivity index (χ0) is 19.7. The van der Waals surface area contributed by atoms with Crippen molar-refractivity contribution in [2.45, 2.75) is 51.6 Å². The number of esters is 1. The molecule has 0 amide bonds. The van der Waals surface area contributed by atoms with Crippen molar-refractivity contribution in [2.75, 3.05) is 0 Å². The average molecular weight is 400 g/mol. The second kappa shape index (κ2) is 7.83. The lowest BCUT2D eigenvalue weighted by Crippen LogP contribution is -2.20. The van der Waals surface area contributed by atoms with Crippen LogP contribution in [0.1, 0.15) is 58.7 Å². The Balaban J connectivity index is 1.64. The summed E-state index contributed by atoms with van der Waals surface area (Å²) < 4.78 is 19.6. The predicted molar refractivity (Wildman–Crippen MR) is 106 cm³/mol. The van der Waals surface area contributed by atoms with Gasteiger partial charge in [-0.3, -0.25) is 4.79 Å². The maximum atomic E-state index is 13.9. The summed E-state index contributed by atoms with van der Waals surface area (Å²) in [7, 11) is 0. The Morgan fingerprint density at radius 2 is 2.04 bits per heavy atom. The van der Waals surface area contributed by atoms with E-state index in [0.29, 0.717) is 32.0 Å². The minimum atomic E-state index is -0.387. The number of hydrogen-bond acceptors (Lipinski definition) is 5. The summed E-state index contributed by atoms with van der Waals surface area (Å²) in [6.07, 6.45) is 5.24. The Morgan fingerprint density at radius 3 is 2.79 bits per heavy atom. The standard InChI is InChI=1S/C21H21FN2O3S/c1-12-17-19(25)23-16(11-13-7-5-6-10-15(13)22)24-20(17)28-18(12)21(26)27-14-8-3-2-4-9-14/h5-7,10,14H,2-4,8-9,11H2,1H3,(H,23,24,25). The summed E-state index contributed by atoms with van der Waals surface area (Å²) in [4.78, 5) is 33.3. The first-order valence-electron chi connectivity index (χ1n) is 9.49. The number of ether oxygens (including phenoxy) is 1. The lowest BCUT2D eigenvalue weighted by Gasteiger charge is -2.21. The molecule has 0 atom stereocenters. The highest BCUT2D eigenvalue weighted by Gasteiger charge is 2.24. The number of nitrogens with zero attached hydrogens (tertiary/aromatic N) is 1. The van der Waals surface area contributed by atoms with Crippen molar-refractivity contribution in [1.29, 1.82) is 0 Å². The third-order valence-electron chi connectivity index (χ3n) is 5.18. The van der Waals surface area contributed by atoms with Crippen LogP contribution in [0.15, 0.2) is 29.1 Å². The second-order valence-electron chi connectivity index (χ2n) is 7.18. The molecule has 1 N–H and O–H groups in total. The van der Waals surface area contributed by atoms with Gasteiger partial charge in [-0.2, -0.15) is 0 Å². The molecular weight excluding hydrogens is 379 g/mol. The van der Waals surface area contributed by atoms with E-state index in [0.717, 1.165) is 37.0 Å². The predicted octanol–water partition coefficient (Wildman–Crippen LogP) is 4.51. The minimum absolute atomic E-state index is 0.0475. The Kier molecular flexibility index (Phi) is 5.26. The van der Waals surface area contributed by atoms with E-state index in [9.17, 15) is 14.0 Å². The second-order valence-corrected chi connectivity index (χ2v) is 8.18. The molecule has 0 aliphatic heterocycles. The Hall–Kier alpha value is -2.54. The van der Waals surface area contributed by atoms with Gasteiger partial charge in [0.05, 0.1) is 5.39 Å². The van der Waals surface area contributed by atoms with Crippen LogP contribution in [0.4, 0.5) is 4.39 Å². The van der Waals surface area contributed by atoms with Gasteiger partial charge in [0.15, 0.2) is 0 Å². The Morgan fingerprint density at radius 1 is 1.29 bits per heavy atom. The van der Waals surface area contributed by atoms with Crippen molar-refractivity contribution < 1.29 is 13.9 Å². The number of nitrogens with one attached hydrogen (secondary N) is 1. The van der Waals surface area contributed by atoms with Crippen LogP contribution < -0.4 is 5.56 Å². The number of carbonyl (C=O) groups excluding carboxylic acids is 1. The third kappa shape index (κ3) is 3.71. The van der Waals surface area contributed by atoms with Crippen molar-refractivity contribution >= 4 is 27.5 Å². The smallest absolute Gasteiger partial charge is 0.348 e. The number of aryl methyl sites for hydroxylation is 1. The van der Waals surface area contributed by atoms with Crippen molar-refractivity contribution in [3.05, 3.63) is 62.3 Å². The SMILES string of the molecule is Cc1c(C(=O)OC2CCCCC2)sc2nc(Cc3ccccc3F)[nH]c(=O)c12. The van der Waals surface area contributed by atoms with Crippen LogP contribution in [0.2, 0.25) is 0 Å². The van der Waals surface area contributed by atoms with E-state index < -0.39 is 0 Å². The fourth-order valence-corrected chi connectivity index (χ4v) is 4.76. The molecule has 1 fully saturated rings. The number of aromatic amines is 1. The molecule has 4 rings (SSSR count). The molecule has 7 heteroatoms. The van der Waals surface area contributed by atoms with Gasteiger partial charge in [-0.15, -0.1) is 11.3 Å². The summed E-state index contributed by atoms with van der Waals surface area (Å²) >= 11 is 1.16. The molecule has 1 aromatic carbocycles. The number of thiophene rings is 1. The van der Waals surface area contributed by atoms with E-state index in [1.807, 2.05) is 0 Å². The summed E-state index contributed by atoms with van der Waals surface area (Å²) in [6.45, 7) is 1.74. The molecular formula is C21H21FN2O3S. The number of fused-ring (bicyclic) bond motifs is 1.